The summed E-state index contributed by atoms with van der Waals surface area (Å²) in [5.41, 5.74) is 1.35. The molecule has 0 aromatic heterocycles. The van der Waals surface area contributed by atoms with E-state index in [2.05, 4.69) is 5.16 Å². The van der Waals surface area contributed by atoms with Gasteiger partial charge in [-0.1, -0.05) is 71.9 Å². The Balaban J connectivity index is 1.83. The molecule has 3 aromatic rings. The van der Waals surface area contributed by atoms with Crippen molar-refractivity contribution >= 4 is 16.5 Å². The van der Waals surface area contributed by atoms with E-state index in [9.17, 15) is 5.21 Å². The molecule has 1 N–H and O–H groups in total. The second-order valence-electron chi connectivity index (χ2n) is 4.68. The van der Waals surface area contributed by atoms with E-state index in [1.54, 1.807) is 0 Å². The molecule has 0 saturated carbocycles. The highest BCUT2D eigenvalue weighted by Gasteiger charge is 2.07. The van der Waals surface area contributed by atoms with Crippen molar-refractivity contribution in [3.63, 3.8) is 0 Å². The third-order valence-electron chi connectivity index (χ3n) is 3.34. The highest BCUT2D eigenvalue weighted by atomic mass is 16.5. The van der Waals surface area contributed by atoms with Gasteiger partial charge in [-0.15, -0.1) is 0 Å². The summed E-state index contributed by atoms with van der Waals surface area (Å²) in [5.74, 6) is 0.783. The first-order valence-electron chi connectivity index (χ1n) is 6.75. The van der Waals surface area contributed by atoms with E-state index in [0.29, 0.717) is 5.71 Å². The number of hydrogen-bond donors (Lipinski definition) is 1. The van der Waals surface area contributed by atoms with Crippen LogP contribution in [0.3, 0.4) is 0 Å². The number of ether oxygens (including phenoxy) is 1. The average molecular weight is 277 g/mol. The van der Waals surface area contributed by atoms with Gasteiger partial charge in [-0.05, 0) is 11.5 Å². The SMILES string of the molecule is O/N=C(\COc1cccc2ccccc12)c1ccccc1. The Kier molecular flexibility index (Phi) is 3.83. The molecule has 0 atom stereocenters. The van der Waals surface area contributed by atoms with Crippen LogP contribution in [0, 0.1) is 0 Å². The van der Waals surface area contributed by atoms with Crippen molar-refractivity contribution in [3.8, 4) is 5.75 Å². The van der Waals surface area contributed by atoms with Gasteiger partial charge in [0.2, 0.25) is 0 Å². The second-order valence-corrected chi connectivity index (χ2v) is 4.68. The molecular formula is C18H15NO2. The summed E-state index contributed by atoms with van der Waals surface area (Å²) in [7, 11) is 0. The highest BCUT2D eigenvalue weighted by Crippen LogP contribution is 2.25. The maximum absolute atomic E-state index is 9.18. The largest absolute Gasteiger partial charge is 0.486 e. The summed E-state index contributed by atoms with van der Waals surface area (Å²) in [6.45, 7) is 0.217. The fourth-order valence-corrected chi connectivity index (χ4v) is 2.27. The lowest BCUT2D eigenvalue weighted by Crippen LogP contribution is -2.13. The molecule has 3 heteroatoms. The standard InChI is InChI=1S/C18H15NO2/c20-19-17(15-8-2-1-3-9-15)13-21-18-12-6-10-14-7-4-5-11-16(14)18/h1-12,20H,13H2/b19-17+. The number of hydrogen-bond acceptors (Lipinski definition) is 3. The minimum Gasteiger partial charge on any atom is -0.486 e. The van der Waals surface area contributed by atoms with Gasteiger partial charge in [0.25, 0.3) is 0 Å². The number of fused-ring (bicyclic) bond motifs is 1. The Labute approximate surface area is 123 Å². The molecule has 0 bridgehead atoms. The van der Waals surface area contributed by atoms with Gasteiger partial charge in [0.1, 0.15) is 18.1 Å². The molecule has 0 aliphatic carbocycles. The molecule has 104 valence electrons. The molecule has 0 radical (unpaired) electrons. The maximum atomic E-state index is 9.18. The first-order valence-corrected chi connectivity index (χ1v) is 6.75. The van der Waals surface area contributed by atoms with Gasteiger partial charge in [0, 0.05) is 10.9 Å². The maximum Gasteiger partial charge on any atom is 0.134 e. The lowest BCUT2D eigenvalue weighted by molar-refractivity contribution is 0.308. The first kappa shape index (κ1) is 13.2. The normalized spacial score (nSPS) is 11.5. The van der Waals surface area contributed by atoms with E-state index in [0.717, 1.165) is 22.1 Å². The quantitative estimate of drug-likeness (QED) is 0.443. The van der Waals surface area contributed by atoms with Gasteiger partial charge in [-0.25, -0.2) is 0 Å². The predicted molar refractivity (Wildman–Crippen MR) is 84.2 cm³/mol. The van der Waals surface area contributed by atoms with Gasteiger partial charge in [0.15, 0.2) is 0 Å². The third kappa shape index (κ3) is 2.87. The van der Waals surface area contributed by atoms with Crippen molar-refractivity contribution < 1.29 is 9.94 Å². The van der Waals surface area contributed by atoms with Crippen LogP contribution in [0.15, 0.2) is 78.0 Å². The molecular weight excluding hydrogens is 262 g/mol. The van der Waals surface area contributed by atoms with E-state index in [1.807, 2.05) is 72.8 Å². The summed E-state index contributed by atoms with van der Waals surface area (Å²) in [5, 5.41) is 14.7. The van der Waals surface area contributed by atoms with Crippen molar-refractivity contribution in [1.29, 1.82) is 0 Å². The van der Waals surface area contributed by atoms with Gasteiger partial charge < -0.3 is 9.94 Å². The Bertz CT molecular complexity index is 761. The summed E-state index contributed by atoms with van der Waals surface area (Å²) in [4.78, 5) is 0. The fraction of sp³-hybridized carbons (Fsp3) is 0.0556. The van der Waals surface area contributed by atoms with Crippen LogP contribution < -0.4 is 4.74 Å². The molecule has 0 fully saturated rings. The van der Waals surface area contributed by atoms with Crippen molar-refractivity contribution in [2.24, 2.45) is 5.16 Å². The molecule has 0 unspecified atom stereocenters. The Morgan fingerprint density at radius 1 is 0.857 bits per heavy atom. The van der Waals surface area contributed by atoms with Gasteiger partial charge >= 0.3 is 0 Å². The first-order chi connectivity index (χ1) is 10.4. The Morgan fingerprint density at radius 2 is 1.57 bits per heavy atom. The summed E-state index contributed by atoms with van der Waals surface area (Å²) in [6, 6.07) is 23.5. The van der Waals surface area contributed by atoms with E-state index in [-0.39, 0.29) is 6.61 Å². The Hall–Kier alpha value is -2.81. The number of benzene rings is 3. The van der Waals surface area contributed by atoms with E-state index < -0.39 is 0 Å². The summed E-state index contributed by atoms with van der Waals surface area (Å²) < 4.78 is 5.84. The summed E-state index contributed by atoms with van der Waals surface area (Å²) >= 11 is 0. The second kappa shape index (κ2) is 6.09. The minimum atomic E-state index is 0.217. The van der Waals surface area contributed by atoms with Crippen molar-refractivity contribution in [2.45, 2.75) is 0 Å². The third-order valence-corrected chi connectivity index (χ3v) is 3.34. The Morgan fingerprint density at radius 3 is 2.38 bits per heavy atom. The monoisotopic (exact) mass is 277 g/mol. The molecule has 0 saturated heterocycles. The van der Waals surface area contributed by atoms with Crippen LogP contribution in [0.5, 0.6) is 5.75 Å². The molecule has 0 aliphatic heterocycles. The number of nitrogens with zero attached hydrogens (tertiary/aromatic N) is 1. The smallest absolute Gasteiger partial charge is 0.134 e. The molecule has 0 aliphatic rings. The van der Waals surface area contributed by atoms with Crippen LogP contribution in [0.25, 0.3) is 10.8 Å². The van der Waals surface area contributed by atoms with Crippen LogP contribution in [0.1, 0.15) is 5.56 Å². The summed E-state index contributed by atoms with van der Waals surface area (Å²) in [6.07, 6.45) is 0. The van der Waals surface area contributed by atoms with Crippen LogP contribution in [-0.4, -0.2) is 17.5 Å². The molecule has 0 spiro atoms. The van der Waals surface area contributed by atoms with Crippen LogP contribution in [-0.2, 0) is 0 Å². The average Bonchev–Trinajstić information content (AvgIpc) is 2.56. The molecule has 3 rings (SSSR count). The lowest BCUT2D eigenvalue weighted by atomic mass is 10.1. The van der Waals surface area contributed by atoms with Crippen molar-refractivity contribution in [3.05, 3.63) is 78.4 Å². The van der Waals surface area contributed by atoms with Crippen molar-refractivity contribution in [2.75, 3.05) is 6.61 Å². The van der Waals surface area contributed by atoms with Crippen LogP contribution in [0.4, 0.5) is 0 Å². The molecule has 0 amide bonds. The molecule has 21 heavy (non-hydrogen) atoms. The highest BCUT2D eigenvalue weighted by molar-refractivity contribution is 6.01. The minimum absolute atomic E-state index is 0.217. The molecule has 3 nitrogen and oxygen atoms in total. The number of rotatable bonds is 4. The predicted octanol–water partition coefficient (Wildman–Crippen LogP) is 4.10. The lowest BCUT2D eigenvalue weighted by Gasteiger charge is -2.10. The van der Waals surface area contributed by atoms with Gasteiger partial charge in [-0.3, -0.25) is 0 Å². The number of oxime groups is 1. The van der Waals surface area contributed by atoms with Gasteiger partial charge in [0.05, 0.1) is 0 Å². The van der Waals surface area contributed by atoms with E-state index in [1.165, 1.54) is 0 Å². The van der Waals surface area contributed by atoms with Crippen LogP contribution in [0.2, 0.25) is 0 Å². The zero-order chi connectivity index (χ0) is 14.5. The van der Waals surface area contributed by atoms with Crippen molar-refractivity contribution in [1.82, 2.24) is 0 Å². The molecule has 3 aromatic carbocycles. The van der Waals surface area contributed by atoms with E-state index in [4.69, 9.17) is 4.74 Å². The zero-order valence-corrected chi connectivity index (χ0v) is 11.4. The van der Waals surface area contributed by atoms with Crippen LogP contribution >= 0.6 is 0 Å². The molecule has 0 heterocycles. The fourth-order valence-electron chi connectivity index (χ4n) is 2.27. The van der Waals surface area contributed by atoms with E-state index >= 15 is 0 Å². The topological polar surface area (TPSA) is 41.8 Å². The zero-order valence-electron chi connectivity index (χ0n) is 11.4. The van der Waals surface area contributed by atoms with Gasteiger partial charge in [-0.2, -0.15) is 0 Å².